The number of amides is 1. The van der Waals surface area contributed by atoms with Gasteiger partial charge >= 0.3 is 6.18 Å². The van der Waals surface area contributed by atoms with Crippen LogP contribution >= 0.6 is 0 Å². The zero-order chi connectivity index (χ0) is 29.6. The van der Waals surface area contributed by atoms with Crippen molar-refractivity contribution < 1.29 is 22.7 Å². The number of methoxy groups -OCH3 is 1. The Morgan fingerprint density at radius 2 is 1.85 bits per heavy atom. The lowest BCUT2D eigenvalue weighted by atomic mass is 10.0. The first-order valence-electron chi connectivity index (χ1n) is 12.7. The quantitative estimate of drug-likeness (QED) is 0.185. The van der Waals surface area contributed by atoms with Crippen molar-refractivity contribution in [3.63, 3.8) is 0 Å². The Bertz CT molecular complexity index is 1520. The standard InChI is InChI=1S/C28H31F3N8O2/c1-17-5-6-22(13-23(17)37-26-9-18(2)38-39(26)25-14-24(32-3)34-16-35-25)36-27(40)20-10-19(15-33-7-8-41-4)11-21(12-20)28(29,30)31/h5-6,9-14,16,33,37H,7-8,15H2,1-4H3,(H,36,40)(H,32,34,35). The average Bonchev–Trinajstić information content (AvgIpc) is 3.32. The van der Waals surface area contributed by atoms with E-state index in [2.05, 4.69) is 36.3 Å². The lowest BCUT2D eigenvalue weighted by Gasteiger charge is -2.15. The first-order chi connectivity index (χ1) is 19.6. The highest BCUT2D eigenvalue weighted by molar-refractivity contribution is 6.04. The molecule has 0 saturated heterocycles. The number of alkyl halides is 3. The number of carbonyl (C=O) groups is 1. The van der Waals surface area contributed by atoms with E-state index in [1.54, 1.807) is 36.0 Å². The van der Waals surface area contributed by atoms with Gasteiger partial charge in [-0.2, -0.15) is 23.0 Å². The Kier molecular flexibility index (Phi) is 9.20. The molecular weight excluding hydrogens is 537 g/mol. The molecular formula is C28H31F3N8O2. The molecule has 0 atom stereocenters. The van der Waals surface area contributed by atoms with E-state index in [1.165, 1.54) is 19.5 Å². The number of halogens is 3. The molecule has 2 aromatic heterocycles. The molecule has 0 radical (unpaired) electrons. The molecule has 0 aliphatic carbocycles. The Balaban J connectivity index is 1.57. The number of rotatable bonds is 11. The van der Waals surface area contributed by atoms with Crippen LogP contribution in [0.15, 0.2) is 54.9 Å². The van der Waals surface area contributed by atoms with E-state index in [9.17, 15) is 18.0 Å². The van der Waals surface area contributed by atoms with Crippen molar-refractivity contribution in [2.75, 3.05) is 43.3 Å². The van der Waals surface area contributed by atoms with Gasteiger partial charge in [0.15, 0.2) is 5.82 Å². The lowest BCUT2D eigenvalue weighted by molar-refractivity contribution is -0.137. The van der Waals surface area contributed by atoms with Crippen LogP contribution in [0.4, 0.5) is 36.2 Å². The first kappa shape index (κ1) is 29.5. The summed E-state index contributed by atoms with van der Waals surface area (Å²) >= 11 is 0. The second-order valence-electron chi connectivity index (χ2n) is 9.29. The van der Waals surface area contributed by atoms with E-state index in [0.29, 0.717) is 47.5 Å². The van der Waals surface area contributed by atoms with Crippen LogP contribution in [0.1, 0.15) is 32.7 Å². The van der Waals surface area contributed by atoms with Gasteiger partial charge in [0.05, 0.1) is 17.9 Å². The molecule has 0 aliphatic rings. The number of nitrogens with one attached hydrogen (secondary N) is 4. The lowest BCUT2D eigenvalue weighted by Crippen LogP contribution is -2.20. The fourth-order valence-corrected chi connectivity index (χ4v) is 4.03. The zero-order valence-electron chi connectivity index (χ0n) is 23.1. The molecule has 2 aromatic carbocycles. The Morgan fingerprint density at radius 3 is 2.59 bits per heavy atom. The van der Waals surface area contributed by atoms with Crippen molar-refractivity contribution in [2.45, 2.75) is 26.6 Å². The number of benzene rings is 2. The summed E-state index contributed by atoms with van der Waals surface area (Å²) in [4.78, 5) is 21.5. The summed E-state index contributed by atoms with van der Waals surface area (Å²) in [6, 6.07) is 12.1. The van der Waals surface area contributed by atoms with Gasteiger partial charge in [0.1, 0.15) is 18.0 Å². The van der Waals surface area contributed by atoms with Gasteiger partial charge in [0.2, 0.25) is 0 Å². The van der Waals surface area contributed by atoms with Crippen LogP contribution < -0.4 is 21.3 Å². The molecule has 4 rings (SSSR count). The van der Waals surface area contributed by atoms with E-state index in [-0.39, 0.29) is 12.1 Å². The number of ether oxygens (including phenoxy) is 1. The van der Waals surface area contributed by atoms with Crippen LogP contribution in [0, 0.1) is 13.8 Å². The molecule has 4 aromatic rings. The van der Waals surface area contributed by atoms with Gasteiger partial charge in [0.25, 0.3) is 5.91 Å². The van der Waals surface area contributed by atoms with Crippen molar-refractivity contribution in [1.29, 1.82) is 0 Å². The summed E-state index contributed by atoms with van der Waals surface area (Å²) in [5.41, 5.74) is 2.03. The van der Waals surface area contributed by atoms with Crippen molar-refractivity contribution in [1.82, 2.24) is 25.1 Å². The van der Waals surface area contributed by atoms with Gasteiger partial charge in [-0.3, -0.25) is 4.79 Å². The molecule has 0 unspecified atom stereocenters. The maximum Gasteiger partial charge on any atom is 0.416 e. The van der Waals surface area contributed by atoms with Gasteiger partial charge in [-0.1, -0.05) is 6.07 Å². The van der Waals surface area contributed by atoms with Crippen molar-refractivity contribution in [3.05, 3.63) is 82.8 Å². The average molecular weight is 569 g/mol. The van der Waals surface area contributed by atoms with E-state index in [4.69, 9.17) is 4.74 Å². The molecule has 13 heteroatoms. The highest BCUT2D eigenvalue weighted by Gasteiger charge is 2.31. The minimum absolute atomic E-state index is 0.101. The molecule has 10 nitrogen and oxygen atoms in total. The smallest absolute Gasteiger partial charge is 0.383 e. The Morgan fingerprint density at radius 1 is 1.05 bits per heavy atom. The van der Waals surface area contributed by atoms with Gasteiger partial charge < -0.3 is 26.0 Å². The maximum atomic E-state index is 13.6. The second kappa shape index (κ2) is 12.8. The minimum atomic E-state index is -4.60. The molecule has 0 saturated carbocycles. The molecule has 0 fully saturated rings. The monoisotopic (exact) mass is 568 g/mol. The van der Waals surface area contributed by atoms with Crippen molar-refractivity contribution in [3.8, 4) is 5.82 Å². The van der Waals surface area contributed by atoms with Gasteiger partial charge in [-0.05, 0) is 55.3 Å². The van der Waals surface area contributed by atoms with Gasteiger partial charge in [-0.25, -0.2) is 9.97 Å². The topological polar surface area (TPSA) is 118 Å². The van der Waals surface area contributed by atoms with Crippen molar-refractivity contribution >= 4 is 28.9 Å². The molecule has 2 heterocycles. The predicted molar refractivity (Wildman–Crippen MR) is 151 cm³/mol. The van der Waals surface area contributed by atoms with Crippen LogP contribution in [0.5, 0.6) is 0 Å². The van der Waals surface area contributed by atoms with Crippen molar-refractivity contribution in [2.24, 2.45) is 0 Å². The third kappa shape index (κ3) is 7.58. The predicted octanol–water partition coefficient (Wildman–Crippen LogP) is 5.07. The molecule has 0 bridgehead atoms. The Labute approximate surface area is 235 Å². The number of hydrogen-bond acceptors (Lipinski definition) is 8. The third-order valence-corrected chi connectivity index (χ3v) is 6.11. The Hall–Kier alpha value is -4.49. The van der Waals surface area contributed by atoms with Crippen LogP contribution in [0.2, 0.25) is 0 Å². The highest BCUT2D eigenvalue weighted by Crippen LogP contribution is 2.31. The normalized spacial score (nSPS) is 11.4. The summed E-state index contributed by atoms with van der Waals surface area (Å²) in [5.74, 6) is 1.13. The summed E-state index contributed by atoms with van der Waals surface area (Å²) in [5, 5.41) is 16.5. The summed E-state index contributed by atoms with van der Waals surface area (Å²) in [6.07, 6.45) is -3.17. The molecule has 0 aliphatic heterocycles. The zero-order valence-corrected chi connectivity index (χ0v) is 23.1. The van der Waals surface area contributed by atoms with E-state index < -0.39 is 17.6 Å². The van der Waals surface area contributed by atoms with Crippen LogP contribution in [0.25, 0.3) is 5.82 Å². The van der Waals surface area contributed by atoms with Gasteiger partial charge in [0, 0.05) is 56.3 Å². The fourth-order valence-electron chi connectivity index (χ4n) is 4.03. The minimum Gasteiger partial charge on any atom is -0.383 e. The highest BCUT2D eigenvalue weighted by atomic mass is 19.4. The molecule has 0 spiro atoms. The van der Waals surface area contributed by atoms with Crippen LogP contribution in [0.3, 0.4) is 0 Å². The van der Waals surface area contributed by atoms with E-state index >= 15 is 0 Å². The number of anilines is 4. The third-order valence-electron chi connectivity index (χ3n) is 6.11. The first-order valence-corrected chi connectivity index (χ1v) is 12.7. The van der Waals surface area contributed by atoms with Crippen LogP contribution in [-0.2, 0) is 17.5 Å². The largest absolute Gasteiger partial charge is 0.416 e. The number of aromatic nitrogens is 4. The number of hydrogen-bond donors (Lipinski definition) is 4. The number of carbonyl (C=O) groups excluding carboxylic acids is 1. The molecule has 41 heavy (non-hydrogen) atoms. The number of aryl methyl sites for hydroxylation is 2. The summed E-state index contributed by atoms with van der Waals surface area (Å²) in [7, 11) is 3.29. The van der Waals surface area contributed by atoms with Gasteiger partial charge in [-0.15, -0.1) is 0 Å². The van der Waals surface area contributed by atoms with Crippen LogP contribution in [-0.4, -0.2) is 53.0 Å². The molecule has 1 amide bonds. The maximum absolute atomic E-state index is 13.6. The molecule has 216 valence electrons. The van der Waals surface area contributed by atoms with E-state index in [0.717, 1.165) is 23.4 Å². The SMILES string of the molecule is CNc1cc(-n2nc(C)cc2Nc2cc(NC(=O)c3cc(CNCCOC)cc(C(F)(F)F)c3)ccc2C)ncn1. The summed E-state index contributed by atoms with van der Waals surface area (Å²) < 4.78 is 47.3. The second-order valence-corrected chi connectivity index (χ2v) is 9.29. The summed E-state index contributed by atoms with van der Waals surface area (Å²) in [6.45, 7) is 4.76. The fraction of sp³-hybridized carbons (Fsp3) is 0.286. The number of nitrogens with zero attached hydrogens (tertiary/aromatic N) is 4. The molecule has 4 N–H and O–H groups in total. The van der Waals surface area contributed by atoms with E-state index in [1.807, 2.05) is 19.9 Å².